The van der Waals surface area contributed by atoms with Crippen LogP contribution in [-0.2, 0) is 9.53 Å². The number of ether oxygens (including phenoxy) is 1. The van der Waals surface area contributed by atoms with Crippen molar-refractivity contribution < 1.29 is 9.53 Å². The summed E-state index contributed by atoms with van der Waals surface area (Å²) in [6.45, 7) is 0.460. The van der Waals surface area contributed by atoms with Crippen LogP contribution in [0.4, 0.5) is 0 Å². The summed E-state index contributed by atoms with van der Waals surface area (Å²) in [5, 5.41) is 0. The van der Waals surface area contributed by atoms with E-state index in [0.717, 1.165) is 0 Å². The Balaban J connectivity index is 3.45. The van der Waals surface area contributed by atoms with E-state index in [2.05, 4.69) is 15.9 Å². The van der Waals surface area contributed by atoms with Gasteiger partial charge in [0, 0.05) is 7.11 Å². The van der Waals surface area contributed by atoms with Crippen molar-refractivity contribution in [1.29, 1.82) is 0 Å². The highest BCUT2D eigenvalue weighted by atomic mass is 127. The van der Waals surface area contributed by atoms with Gasteiger partial charge in [0.2, 0.25) is 0 Å². The predicted molar refractivity (Wildman–Crippen MR) is 48.5 cm³/mol. The first kappa shape index (κ1) is 9.84. The SMILES string of the molecule is COCC(Br)C(=O)CI. The van der Waals surface area contributed by atoms with Gasteiger partial charge in [-0.25, -0.2) is 0 Å². The molecule has 0 aliphatic heterocycles. The van der Waals surface area contributed by atoms with Crippen molar-refractivity contribution in [3.8, 4) is 0 Å². The number of rotatable bonds is 4. The monoisotopic (exact) mass is 306 g/mol. The number of alkyl halides is 2. The minimum atomic E-state index is -0.126. The third-order valence-corrected chi connectivity index (χ3v) is 2.32. The fraction of sp³-hybridized carbons (Fsp3) is 0.800. The molecule has 0 rings (SSSR count). The van der Waals surface area contributed by atoms with Gasteiger partial charge in [-0.1, -0.05) is 38.5 Å². The first-order valence-corrected chi connectivity index (χ1v) is 4.88. The highest BCUT2D eigenvalue weighted by molar-refractivity contribution is 14.1. The summed E-state index contributed by atoms with van der Waals surface area (Å²) in [5.74, 6) is 0.178. The summed E-state index contributed by atoms with van der Waals surface area (Å²) in [4.78, 5) is 10.6. The van der Waals surface area contributed by atoms with E-state index >= 15 is 0 Å². The summed E-state index contributed by atoms with van der Waals surface area (Å²) in [6.07, 6.45) is 0. The summed E-state index contributed by atoms with van der Waals surface area (Å²) in [5.41, 5.74) is 0. The molecule has 9 heavy (non-hydrogen) atoms. The molecule has 0 fully saturated rings. The van der Waals surface area contributed by atoms with Gasteiger partial charge < -0.3 is 4.74 Å². The van der Waals surface area contributed by atoms with Crippen LogP contribution < -0.4 is 0 Å². The zero-order chi connectivity index (χ0) is 7.28. The van der Waals surface area contributed by atoms with Crippen molar-refractivity contribution in [3.63, 3.8) is 0 Å². The fourth-order valence-corrected chi connectivity index (χ4v) is 1.89. The molecule has 2 nitrogen and oxygen atoms in total. The Bertz CT molecular complexity index is 97.0. The molecule has 0 bridgehead atoms. The average Bonchev–Trinajstić information content (AvgIpc) is 1.87. The van der Waals surface area contributed by atoms with E-state index in [0.29, 0.717) is 11.0 Å². The van der Waals surface area contributed by atoms with Crippen molar-refractivity contribution in [3.05, 3.63) is 0 Å². The second-order valence-electron chi connectivity index (χ2n) is 1.52. The molecule has 0 spiro atoms. The number of carbonyl (C=O) groups excluding carboxylic acids is 1. The lowest BCUT2D eigenvalue weighted by atomic mass is 10.3. The van der Waals surface area contributed by atoms with Gasteiger partial charge in [-0.2, -0.15) is 0 Å². The Morgan fingerprint density at radius 3 is 2.78 bits per heavy atom. The summed E-state index contributed by atoms with van der Waals surface area (Å²) in [6, 6.07) is 0. The quantitative estimate of drug-likeness (QED) is 0.580. The second kappa shape index (κ2) is 5.61. The first-order valence-electron chi connectivity index (χ1n) is 2.44. The maximum absolute atomic E-state index is 10.8. The van der Waals surface area contributed by atoms with Gasteiger partial charge in [0.05, 0.1) is 15.9 Å². The minimum absolute atomic E-state index is 0.126. The number of halogens is 2. The molecule has 0 radical (unpaired) electrons. The highest BCUT2D eigenvalue weighted by Gasteiger charge is 2.11. The van der Waals surface area contributed by atoms with E-state index < -0.39 is 0 Å². The predicted octanol–water partition coefficient (Wildman–Crippen LogP) is 1.40. The van der Waals surface area contributed by atoms with Crippen LogP contribution in [0.2, 0.25) is 0 Å². The number of Topliss-reactive ketones (excluding diaryl/α,β-unsaturated/α-hetero) is 1. The van der Waals surface area contributed by atoms with E-state index in [1.54, 1.807) is 7.11 Å². The molecule has 0 aliphatic carbocycles. The van der Waals surface area contributed by atoms with Crippen LogP contribution in [0.3, 0.4) is 0 Å². The largest absolute Gasteiger partial charge is 0.383 e. The smallest absolute Gasteiger partial charge is 0.158 e. The normalized spacial score (nSPS) is 13.2. The van der Waals surface area contributed by atoms with Crippen LogP contribution in [-0.4, -0.2) is 28.8 Å². The molecule has 1 unspecified atom stereocenters. The molecular weight excluding hydrogens is 299 g/mol. The standard InChI is InChI=1S/C5H8BrIO2/c1-9-3-4(6)5(8)2-7/h4H,2-3H2,1H3. The zero-order valence-corrected chi connectivity index (χ0v) is 8.81. The average molecular weight is 307 g/mol. The molecule has 0 heterocycles. The Morgan fingerprint density at radius 2 is 2.44 bits per heavy atom. The topological polar surface area (TPSA) is 26.3 Å². The molecule has 1 atom stereocenters. The molecule has 54 valence electrons. The number of methoxy groups -OCH3 is 1. The van der Waals surface area contributed by atoms with Gasteiger partial charge >= 0.3 is 0 Å². The van der Waals surface area contributed by atoms with E-state index in [1.165, 1.54) is 0 Å². The van der Waals surface area contributed by atoms with Gasteiger partial charge in [0.15, 0.2) is 5.78 Å². The Hall–Kier alpha value is 0.840. The summed E-state index contributed by atoms with van der Waals surface area (Å²) in [7, 11) is 1.58. The third kappa shape index (κ3) is 4.27. The van der Waals surface area contributed by atoms with Crippen LogP contribution in [0.15, 0.2) is 0 Å². The van der Waals surface area contributed by atoms with E-state index in [-0.39, 0.29) is 10.6 Å². The van der Waals surface area contributed by atoms with Crippen LogP contribution in [0.25, 0.3) is 0 Å². The van der Waals surface area contributed by atoms with E-state index in [1.807, 2.05) is 22.6 Å². The molecule has 0 amide bonds. The van der Waals surface area contributed by atoms with Gasteiger partial charge in [-0.3, -0.25) is 4.79 Å². The van der Waals surface area contributed by atoms with Gasteiger partial charge in [0.1, 0.15) is 0 Å². The lowest BCUT2D eigenvalue weighted by Crippen LogP contribution is -2.19. The number of ketones is 1. The van der Waals surface area contributed by atoms with Crippen LogP contribution in [0, 0.1) is 0 Å². The van der Waals surface area contributed by atoms with Crippen molar-refractivity contribution in [1.82, 2.24) is 0 Å². The molecule has 0 aromatic rings. The maximum Gasteiger partial charge on any atom is 0.158 e. The minimum Gasteiger partial charge on any atom is -0.383 e. The van der Waals surface area contributed by atoms with E-state index in [9.17, 15) is 4.79 Å². The molecule has 0 N–H and O–H groups in total. The summed E-state index contributed by atoms with van der Waals surface area (Å²) >= 11 is 5.22. The molecule has 0 aromatic carbocycles. The van der Waals surface area contributed by atoms with Crippen molar-refractivity contribution in [2.75, 3.05) is 18.1 Å². The Labute approximate surface area is 76.6 Å². The van der Waals surface area contributed by atoms with Crippen molar-refractivity contribution in [2.24, 2.45) is 0 Å². The summed E-state index contributed by atoms with van der Waals surface area (Å²) < 4.78 is 5.29. The number of hydrogen-bond acceptors (Lipinski definition) is 2. The maximum atomic E-state index is 10.8. The zero-order valence-electron chi connectivity index (χ0n) is 5.06. The fourth-order valence-electron chi connectivity index (χ4n) is 0.323. The highest BCUT2D eigenvalue weighted by Crippen LogP contribution is 2.03. The second-order valence-corrected chi connectivity index (χ2v) is 3.39. The Morgan fingerprint density at radius 1 is 1.89 bits per heavy atom. The Kier molecular flexibility index (Phi) is 6.14. The van der Waals surface area contributed by atoms with Crippen LogP contribution in [0.1, 0.15) is 0 Å². The lowest BCUT2D eigenvalue weighted by molar-refractivity contribution is -0.116. The van der Waals surface area contributed by atoms with E-state index in [4.69, 9.17) is 4.74 Å². The van der Waals surface area contributed by atoms with Crippen LogP contribution in [0.5, 0.6) is 0 Å². The molecule has 4 heteroatoms. The molecule has 0 saturated carbocycles. The van der Waals surface area contributed by atoms with Crippen LogP contribution >= 0.6 is 38.5 Å². The third-order valence-electron chi connectivity index (χ3n) is 0.794. The van der Waals surface area contributed by atoms with Gasteiger partial charge in [-0.05, 0) is 0 Å². The molecular formula is C5H8BrIO2. The molecule has 0 saturated heterocycles. The van der Waals surface area contributed by atoms with Gasteiger partial charge in [0.25, 0.3) is 0 Å². The number of hydrogen-bond donors (Lipinski definition) is 0. The lowest BCUT2D eigenvalue weighted by Gasteiger charge is -2.02. The van der Waals surface area contributed by atoms with Crippen molar-refractivity contribution >= 4 is 44.3 Å². The number of carbonyl (C=O) groups is 1. The van der Waals surface area contributed by atoms with Gasteiger partial charge in [-0.15, -0.1) is 0 Å². The van der Waals surface area contributed by atoms with Crippen molar-refractivity contribution in [2.45, 2.75) is 4.83 Å². The molecule has 0 aliphatic rings. The first-order chi connectivity index (χ1) is 4.22. The molecule has 0 aromatic heterocycles.